The number of amides is 1. The van der Waals surface area contributed by atoms with Gasteiger partial charge in [-0.05, 0) is 48.2 Å². The third-order valence-electron chi connectivity index (χ3n) is 6.65. The van der Waals surface area contributed by atoms with Crippen molar-refractivity contribution < 1.29 is 19.4 Å². The summed E-state index contributed by atoms with van der Waals surface area (Å²) in [4.78, 5) is 21.6. The minimum atomic E-state index is -0.989. The zero-order chi connectivity index (χ0) is 24.4. The number of aromatic amines is 1. The van der Waals surface area contributed by atoms with Crippen LogP contribution in [0.4, 0.5) is 0 Å². The van der Waals surface area contributed by atoms with Gasteiger partial charge in [-0.2, -0.15) is 5.26 Å². The quantitative estimate of drug-likeness (QED) is 0.586. The molecule has 0 bridgehead atoms. The molecular weight excluding hydrogens is 444 g/mol. The summed E-state index contributed by atoms with van der Waals surface area (Å²) >= 11 is 0. The second-order valence-corrected chi connectivity index (χ2v) is 9.01. The number of aromatic nitrogens is 2. The van der Waals surface area contributed by atoms with Crippen LogP contribution in [-0.2, 0) is 9.53 Å². The highest BCUT2D eigenvalue weighted by molar-refractivity contribution is 5.95. The van der Waals surface area contributed by atoms with Gasteiger partial charge in [-0.1, -0.05) is 12.1 Å². The second kappa shape index (κ2) is 9.90. The summed E-state index contributed by atoms with van der Waals surface area (Å²) < 4.78 is 11.5. The molecule has 1 saturated heterocycles. The highest BCUT2D eigenvalue weighted by atomic mass is 16.5. The summed E-state index contributed by atoms with van der Waals surface area (Å²) in [5.41, 5.74) is 5.28. The van der Waals surface area contributed by atoms with E-state index in [2.05, 4.69) is 22.1 Å². The number of hydrogen-bond donors (Lipinski definition) is 2. The van der Waals surface area contributed by atoms with Gasteiger partial charge in [-0.25, -0.2) is 4.98 Å². The fourth-order valence-electron chi connectivity index (χ4n) is 4.67. The molecular formula is C27H28N4O4. The van der Waals surface area contributed by atoms with E-state index in [0.29, 0.717) is 44.0 Å². The highest BCUT2D eigenvalue weighted by Gasteiger charge is 2.22. The van der Waals surface area contributed by atoms with E-state index < -0.39 is 6.10 Å². The van der Waals surface area contributed by atoms with Crippen molar-refractivity contribution in [2.24, 2.45) is 0 Å². The van der Waals surface area contributed by atoms with Gasteiger partial charge in [0.25, 0.3) is 5.91 Å². The molecule has 180 valence electrons. The number of aliphatic hydroxyl groups excluding tert-OH is 1. The number of nitrogens with zero attached hydrogens (tertiary/aromatic N) is 3. The van der Waals surface area contributed by atoms with Gasteiger partial charge in [0.1, 0.15) is 29.7 Å². The number of fused-ring (bicyclic) bond motifs is 1. The van der Waals surface area contributed by atoms with Crippen molar-refractivity contribution in [2.45, 2.75) is 38.4 Å². The highest BCUT2D eigenvalue weighted by Crippen LogP contribution is 2.34. The number of aliphatic hydroxyl groups is 1. The van der Waals surface area contributed by atoms with Gasteiger partial charge in [0.2, 0.25) is 0 Å². The molecule has 0 saturated carbocycles. The largest absolute Gasteiger partial charge is 0.489 e. The maximum Gasteiger partial charge on any atom is 0.251 e. The molecule has 0 radical (unpaired) electrons. The predicted molar refractivity (Wildman–Crippen MR) is 132 cm³/mol. The standard InChI is InChI=1S/C27H28N4O4/c1-17(32)27(33)31-8-4-18(5-9-31)21-13-23-24(16-30-26(23)29-15-21)19-2-3-25(20(12-19)14-28)35-22-6-10-34-11-7-22/h2-4,12-13,15-17,22,32H,5-11H2,1H3,(H,29,30)/t17-/m1/s1. The minimum absolute atomic E-state index is 0.0668. The number of H-pyrrole nitrogens is 1. The van der Waals surface area contributed by atoms with Crippen LogP contribution in [0.1, 0.15) is 37.3 Å². The van der Waals surface area contributed by atoms with Crippen molar-refractivity contribution in [1.29, 1.82) is 5.26 Å². The number of pyridine rings is 1. The molecule has 1 atom stereocenters. The Bertz CT molecular complexity index is 1310. The lowest BCUT2D eigenvalue weighted by Gasteiger charge is -2.27. The first kappa shape index (κ1) is 23.1. The lowest BCUT2D eigenvalue weighted by molar-refractivity contribution is -0.138. The first-order valence-corrected chi connectivity index (χ1v) is 12.0. The van der Waals surface area contributed by atoms with Crippen molar-refractivity contribution in [3.8, 4) is 22.9 Å². The van der Waals surface area contributed by atoms with E-state index in [0.717, 1.165) is 46.1 Å². The van der Waals surface area contributed by atoms with Crippen molar-refractivity contribution >= 4 is 22.5 Å². The van der Waals surface area contributed by atoms with Crippen molar-refractivity contribution in [3.05, 3.63) is 53.9 Å². The smallest absolute Gasteiger partial charge is 0.251 e. The van der Waals surface area contributed by atoms with Gasteiger partial charge >= 0.3 is 0 Å². The summed E-state index contributed by atoms with van der Waals surface area (Å²) in [6, 6.07) is 10.1. The molecule has 2 N–H and O–H groups in total. The topological polar surface area (TPSA) is 111 Å². The number of ether oxygens (including phenoxy) is 2. The molecule has 35 heavy (non-hydrogen) atoms. The zero-order valence-corrected chi connectivity index (χ0v) is 19.7. The average Bonchev–Trinajstić information content (AvgIpc) is 3.32. The monoisotopic (exact) mass is 472 g/mol. The van der Waals surface area contributed by atoms with E-state index in [4.69, 9.17) is 9.47 Å². The van der Waals surface area contributed by atoms with E-state index in [9.17, 15) is 15.2 Å². The summed E-state index contributed by atoms with van der Waals surface area (Å²) in [7, 11) is 0. The Morgan fingerprint density at radius 2 is 2.14 bits per heavy atom. The molecule has 5 rings (SSSR count). The Labute approximate surface area is 203 Å². The molecule has 3 aromatic rings. The van der Waals surface area contributed by atoms with E-state index in [1.54, 1.807) is 4.90 Å². The Morgan fingerprint density at radius 1 is 1.31 bits per heavy atom. The van der Waals surface area contributed by atoms with Gasteiger partial charge < -0.3 is 24.5 Å². The Balaban J connectivity index is 1.41. The lowest BCUT2D eigenvalue weighted by Crippen LogP contribution is -2.40. The molecule has 2 aromatic heterocycles. The Hall–Kier alpha value is -3.67. The first-order valence-electron chi connectivity index (χ1n) is 12.0. The molecule has 1 amide bonds. The van der Waals surface area contributed by atoms with Gasteiger partial charge in [0, 0.05) is 49.3 Å². The van der Waals surface area contributed by atoms with Crippen LogP contribution >= 0.6 is 0 Å². The van der Waals surface area contributed by atoms with Gasteiger partial charge in [-0.3, -0.25) is 4.79 Å². The van der Waals surface area contributed by atoms with Crippen LogP contribution < -0.4 is 4.74 Å². The van der Waals surface area contributed by atoms with Gasteiger partial charge in [-0.15, -0.1) is 0 Å². The number of rotatable bonds is 5. The number of carbonyl (C=O) groups excluding carboxylic acids is 1. The minimum Gasteiger partial charge on any atom is -0.489 e. The SMILES string of the molecule is C[C@@H](O)C(=O)N1CC=C(c2cnc3[nH]cc(-c4ccc(OC5CCOCC5)c(C#N)c4)c3c2)CC1. The van der Waals surface area contributed by atoms with Crippen LogP contribution in [0.15, 0.2) is 42.7 Å². The zero-order valence-electron chi connectivity index (χ0n) is 19.7. The maximum atomic E-state index is 12.1. The molecule has 8 heteroatoms. The molecule has 0 spiro atoms. The normalized spacial score (nSPS) is 17.6. The molecule has 4 heterocycles. The predicted octanol–water partition coefficient (Wildman–Crippen LogP) is 3.66. The van der Waals surface area contributed by atoms with Crippen LogP contribution in [0.25, 0.3) is 27.7 Å². The number of benzene rings is 1. The summed E-state index contributed by atoms with van der Waals surface area (Å²) in [5.74, 6) is 0.352. The molecule has 1 fully saturated rings. The number of hydrogen-bond acceptors (Lipinski definition) is 6. The summed E-state index contributed by atoms with van der Waals surface area (Å²) in [6.07, 6.45) is 7.20. The molecule has 2 aliphatic rings. The molecule has 0 aliphatic carbocycles. The summed E-state index contributed by atoms with van der Waals surface area (Å²) in [5, 5.41) is 20.3. The number of carbonyl (C=O) groups is 1. The number of nitriles is 1. The molecule has 1 aromatic carbocycles. The van der Waals surface area contributed by atoms with E-state index in [-0.39, 0.29) is 12.0 Å². The third-order valence-corrected chi connectivity index (χ3v) is 6.65. The van der Waals surface area contributed by atoms with Gasteiger partial charge in [0.05, 0.1) is 18.8 Å². The fraction of sp³-hybridized carbons (Fsp3) is 0.370. The number of nitrogens with one attached hydrogen (secondary N) is 1. The van der Waals surface area contributed by atoms with Crippen LogP contribution in [0.5, 0.6) is 5.75 Å². The van der Waals surface area contributed by atoms with Crippen LogP contribution in [0.3, 0.4) is 0 Å². The van der Waals surface area contributed by atoms with Crippen LogP contribution in [0.2, 0.25) is 0 Å². The van der Waals surface area contributed by atoms with Gasteiger partial charge in [0.15, 0.2) is 0 Å². The molecule has 2 aliphatic heterocycles. The first-order chi connectivity index (χ1) is 17.0. The summed E-state index contributed by atoms with van der Waals surface area (Å²) in [6.45, 7) is 3.89. The van der Waals surface area contributed by atoms with E-state index >= 15 is 0 Å². The Kier molecular flexibility index (Phi) is 6.53. The van der Waals surface area contributed by atoms with E-state index in [1.165, 1.54) is 6.92 Å². The molecule has 8 nitrogen and oxygen atoms in total. The lowest BCUT2D eigenvalue weighted by atomic mass is 9.97. The van der Waals surface area contributed by atoms with Crippen molar-refractivity contribution in [2.75, 3.05) is 26.3 Å². The van der Waals surface area contributed by atoms with Crippen LogP contribution in [-0.4, -0.2) is 64.4 Å². The van der Waals surface area contributed by atoms with E-state index in [1.807, 2.05) is 36.7 Å². The second-order valence-electron chi connectivity index (χ2n) is 9.01. The van der Waals surface area contributed by atoms with Crippen molar-refractivity contribution in [3.63, 3.8) is 0 Å². The third kappa shape index (κ3) is 4.78. The Morgan fingerprint density at radius 3 is 2.86 bits per heavy atom. The molecule has 0 unspecified atom stereocenters. The fourth-order valence-corrected chi connectivity index (χ4v) is 4.67. The van der Waals surface area contributed by atoms with Crippen LogP contribution in [0, 0.1) is 11.3 Å². The maximum absolute atomic E-state index is 12.1. The van der Waals surface area contributed by atoms with Crippen molar-refractivity contribution in [1.82, 2.24) is 14.9 Å². The average molecular weight is 473 g/mol.